The molecule has 0 spiro atoms. The fourth-order valence-corrected chi connectivity index (χ4v) is 4.11. The number of carbonyl (C=O) groups is 2. The summed E-state index contributed by atoms with van der Waals surface area (Å²) in [5.74, 6) is -1.28. The summed E-state index contributed by atoms with van der Waals surface area (Å²) in [5, 5.41) is 21.2. The van der Waals surface area contributed by atoms with Gasteiger partial charge >= 0.3 is 0 Å². The van der Waals surface area contributed by atoms with Crippen molar-refractivity contribution in [3.8, 4) is 11.5 Å². The number of Topliss-reactive ketones (excluding diaryl/α,β-unsaturated/α-hetero) is 1. The molecular formula is C25H20BrNO5. The van der Waals surface area contributed by atoms with E-state index < -0.39 is 17.7 Å². The highest BCUT2D eigenvalue weighted by Crippen LogP contribution is 2.43. The minimum absolute atomic E-state index is 0.0115. The molecule has 6 nitrogen and oxygen atoms in total. The molecule has 162 valence electrons. The molecule has 0 aliphatic carbocycles. The Hall–Kier alpha value is -3.58. The number of hydrogen-bond acceptors (Lipinski definition) is 5. The topological polar surface area (TPSA) is 87.1 Å². The van der Waals surface area contributed by atoms with Crippen LogP contribution in [0.2, 0.25) is 0 Å². The van der Waals surface area contributed by atoms with Crippen molar-refractivity contribution in [2.24, 2.45) is 0 Å². The molecule has 3 aromatic rings. The van der Waals surface area contributed by atoms with Gasteiger partial charge in [-0.1, -0.05) is 34.1 Å². The lowest BCUT2D eigenvalue weighted by molar-refractivity contribution is -0.132. The first-order valence-electron chi connectivity index (χ1n) is 9.82. The van der Waals surface area contributed by atoms with Crippen LogP contribution in [-0.4, -0.2) is 29.0 Å². The average molecular weight is 494 g/mol. The zero-order chi connectivity index (χ0) is 23.0. The molecule has 4 rings (SSSR count). The van der Waals surface area contributed by atoms with E-state index in [1.807, 2.05) is 13.0 Å². The summed E-state index contributed by atoms with van der Waals surface area (Å²) in [6, 6.07) is 17.3. The zero-order valence-electron chi connectivity index (χ0n) is 17.4. The first-order valence-corrected chi connectivity index (χ1v) is 10.6. The molecular weight excluding hydrogens is 474 g/mol. The van der Waals surface area contributed by atoms with Gasteiger partial charge in [0, 0.05) is 15.7 Å². The molecule has 1 amide bonds. The van der Waals surface area contributed by atoms with Gasteiger partial charge in [0.25, 0.3) is 11.7 Å². The summed E-state index contributed by atoms with van der Waals surface area (Å²) in [5.41, 5.74) is 2.28. The maximum absolute atomic E-state index is 13.2. The van der Waals surface area contributed by atoms with Gasteiger partial charge in [0.15, 0.2) is 0 Å². The third kappa shape index (κ3) is 3.76. The highest BCUT2D eigenvalue weighted by molar-refractivity contribution is 9.10. The van der Waals surface area contributed by atoms with Crippen LogP contribution in [0.1, 0.15) is 22.7 Å². The van der Waals surface area contributed by atoms with Crippen molar-refractivity contribution < 1.29 is 24.5 Å². The molecule has 1 fully saturated rings. The number of carbonyl (C=O) groups excluding carboxylic acids is 2. The average Bonchev–Trinajstić information content (AvgIpc) is 3.06. The zero-order valence-corrected chi connectivity index (χ0v) is 19.0. The van der Waals surface area contributed by atoms with Gasteiger partial charge in [-0.15, -0.1) is 0 Å². The minimum Gasteiger partial charge on any atom is -0.508 e. The summed E-state index contributed by atoms with van der Waals surface area (Å²) < 4.78 is 5.93. The van der Waals surface area contributed by atoms with Gasteiger partial charge in [0.05, 0.1) is 18.7 Å². The van der Waals surface area contributed by atoms with E-state index in [4.69, 9.17) is 4.74 Å². The number of aryl methyl sites for hydroxylation is 1. The second-order valence-corrected chi connectivity index (χ2v) is 8.28. The third-order valence-electron chi connectivity index (χ3n) is 5.43. The van der Waals surface area contributed by atoms with Crippen molar-refractivity contribution in [1.29, 1.82) is 0 Å². The minimum atomic E-state index is -0.918. The van der Waals surface area contributed by atoms with Gasteiger partial charge in [-0.3, -0.25) is 14.5 Å². The van der Waals surface area contributed by atoms with Gasteiger partial charge in [-0.05, 0) is 66.6 Å². The highest BCUT2D eigenvalue weighted by atomic mass is 79.9. The number of benzene rings is 3. The predicted octanol–water partition coefficient (Wildman–Crippen LogP) is 5.10. The number of halogens is 1. The van der Waals surface area contributed by atoms with Gasteiger partial charge in [0.2, 0.25) is 0 Å². The summed E-state index contributed by atoms with van der Waals surface area (Å²) in [7, 11) is 1.53. The number of phenolic OH excluding ortho intramolecular Hbond substituents is 1. The molecule has 0 radical (unpaired) electrons. The fraction of sp³-hybridized carbons (Fsp3) is 0.120. The van der Waals surface area contributed by atoms with E-state index in [1.165, 1.54) is 24.1 Å². The second-order valence-electron chi connectivity index (χ2n) is 7.43. The Balaban J connectivity index is 1.94. The Kier molecular flexibility index (Phi) is 5.76. The van der Waals surface area contributed by atoms with E-state index >= 15 is 0 Å². The smallest absolute Gasteiger partial charge is 0.300 e. The predicted molar refractivity (Wildman–Crippen MR) is 125 cm³/mol. The van der Waals surface area contributed by atoms with E-state index in [2.05, 4.69) is 15.9 Å². The van der Waals surface area contributed by atoms with Crippen molar-refractivity contribution in [1.82, 2.24) is 0 Å². The van der Waals surface area contributed by atoms with Crippen LogP contribution in [0.15, 0.2) is 76.8 Å². The van der Waals surface area contributed by atoms with Crippen molar-refractivity contribution in [2.75, 3.05) is 12.0 Å². The van der Waals surface area contributed by atoms with Gasteiger partial charge in [0.1, 0.15) is 17.3 Å². The van der Waals surface area contributed by atoms with E-state index in [0.29, 0.717) is 22.6 Å². The number of ketones is 1. The Bertz CT molecular complexity index is 1250. The molecule has 2 N–H and O–H groups in total. The summed E-state index contributed by atoms with van der Waals surface area (Å²) in [4.78, 5) is 27.6. The Morgan fingerprint density at radius 1 is 1.03 bits per heavy atom. The van der Waals surface area contributed by atoms with Crippen LogP contribution in [0.4, 0.5) is 5.69 Å². The molecule has 0 aromatic heterocycles. The molecule has 1 aliphatic rings. The van der Waals surface area contributed by atoms with Crippen LogP contribution >= 0.6 is 15.9 Å². The van der Waals surface area contributed by atoms with Crippen LogP contribution in [0.3, 0.4) is 0 Å². The molecule has 7 heteroatoms. The lowest BCUT2D eigenvalue weighted by atomic mass is 9.95. The van der Waals surface area contributed by atoms with E-state index in [1.54, 1.807) is 48.5 Å². The molecule has 32 heavy (non-hydrogen) atoms. The number of ether oxygens (including phenoxy) is 1. The monoisotopic (exact) mass is 493 g/mol. The number of aliphatic hydroxyl groups is 1. The largest absolute Gasteiger partial charge is 0.508 e. The highest BCUT2D eigenvalue weighted by Gasteiger charge is 2.47. The molecule has 3 aromatic carbocycles. The lowest BCUT2D eigenvalue weighted by Gasteiger charge is -2.26. The summed E-state index contributed by atoms with van der Waals surface area (Å²) >= 11 is 3.47. The van der Waals surface area contributed by atoms with Gasteiger partial charge in [-0.25, -0.2) is 0 Å². The number of anilines is 1. The molecule has 1 unspecified atom stereocenters. The van der Waals surface area contributed by atoms with Crippen LogP contribution in [-0.2, 0) is 9.59 Å². The normalized spacial score (nSPS) is 17.6. The molecule has 1 aliphatic heterocycles. The molecule has 1 heterocycles. The number of phenols is 1. The maximum Gasteiger partial charge on any atom is 0.300 e. The molecule has 0 saturated carbocycles. The van der Waals surface area contributed by atoms with Crippen LogP contribution in [0, 0.1) is 6.92 Å². The van der Waals surface area contributed by atoms with Gasteiger partial charge in [-0.2, -0.15) is 0 Å². The van der Waals surface area contributed by atoms with E-state index in [9.17, 15) is 19.8 Å². The van der Waals surface area contributed by atoms with E-state index in [-0.39, 0.29) is 17.1 Å². The first-order chi connectivity index (χ1) is 15.3. The number of aliphatic hydroxyl groups excluding tert-OH is 1. The Morgan fingerprint density at radius 3 is 2.38 bits per heavy atom. The standard InChI is InChI=1S/C25H20BrNO5/c1-14-6-9-17(13-20(14)26)27-22(16-4-3-5-18(28)12-16)21(24(30)25(27)31)23(29)15-7-10-19(32-2)11-8-15/h3-13,22,28-29H,1-2H3/b23-21+. The molecule has 1 atom stereocenters. The van der Waals surface area contributed by atoms with Crippen LogP contribution in [0.25, 0.3) is 5.76 Å². The number of rotatable bonds is 4. The first kappa shape index (κ1) is 21.6. The maximum atomic E-state index is 13.2. The van der Waals surface area contributed by atoms with Crippen LogP contribution in [0.5, 0.6) is 11.5 Å². The molecule has 1 saturated heterocycles. The Labute approximate surface area is 193 Å². The number of amides is 1. The van der Waals surface area contributed by atoms with Gasteiger partial charge < -0.3 is 14.9 Å². The lowest BCUT2D eigenvalue weighted by Crippen LogP contribution is -2.29. The van der Waals surface area contributed by atoms with Crippen molar-refractivity contribution in [2.45, 2.75) is 13.0 Å². The third-order valence-corrected chi connectivity index (χ3v) is 6.28. The van der Waals surface area contributed by atoms with E-state index in [0.717, 1.165) is 10.0 Å². The van der Waals surface area contributed by atoms with Crippen molar-refractivity contribution >= 4 is 39.1 Å². The quantitative estimate of drug-likeness (QED) is 0.300. The van der Waals surface area contributed by atoms with Crippen LogP contribution < -0.4 is 9.64 Å². The van der Waals surface area contributed by atoms with Crippen molar-refractivity contribution in [3.05, 3.63) is 93.5 Å². The fourth-order valence-electron chi connectivity index (χ4n) is 3.75. The summed E-state index contributed by atoms with van der Waals surface area (Å²) in [6.45, 7) is 1.92. The SMILES string of the molecule is COc1ccc(/C(O)=C2\C(=O)C(=O)N(c3ccc(C)c(Br)c3)C2c2cccc(O)c2)cc1. The Morgan fingerprint density at radius 2 is 1.75 bits per heavy atom. The number of methoxy groups -OCH3 is 1. The summed E-state index contributed by atoms with van der Waals surface area (Å²) in [6.07, 6.45) is 0. The molecule has 0 bridgehead atoms. The number of nitrogens with zero attached hydrogens (tertiary/aromatic N) is 1. The number of hydrogen-bond donors (Lipinski definition) is 2. The second kappa shape index (κ2) is 8.51. The number of aromatic hydroxyl groups is 1. The van der Waals surface area contributed by atoms with Crippen molar-refractivity contribution in [3.63, 3.8) is 0 Å².